The minimum absolute atomic E-state index is 0.243. The number of nitrogens with zero attached hydrogens (tertiary/aromatic N) is 4. The Balaban J connectivity index is 1.69. The zero-order valence-electron chi connectivity index (χ0n) is 14.2. The van der Waals surface area contributed by atoms with Gasteiger partial charge in [0.25, 0.3) is 11.1 Å². The van der Waals surface area contributed by atoms with E-state index in [1.54, 1.807) is 0 Å². The number of hydrogen-bond donors (Lipinski definition) is 2. The molecule has 1 aliphatic heterocycles. The Morgan fingerprint density at radius 1 is 1.24 bits per heavy atom. The lowest BCUT2D eigenvalue weighted by Crippen LogP contribution is -2.37. The zero-order valence-corrected chi connectivity index (χ0v) is 14.2. The summed E-state index contributed by atoms with van der Waals surface area (Å²) in [5.74, 6) is 1.40. The van der Waals surface area contributed by atoms with Crippen LogP contribution in [0.1, 0.15) is 12.6 Å². The minimum atomic E-state index is -0.301. The summed E-state index contributed by atoms with van der Waals surface area (Å²) in [6.07, 6.45) is 0.806. The SMILES string of the molecule is CCc1cc(NCCn2[nH]c(=O)ccc2=O)nc(N2CCOCC2)n1. The van der Waals surface area contributed by atoms with Crippen molar-refractivity contribution < 1.29 is 4.74 Å². The molecule has 1 saturated heterocycles. The fourth-order valence-electron chi connectivity index (χ4n) is 2.58. The van der Waals surface area contributed by atoms with Crippen LogP contribution in [0.2, 0.25) is 0 Å². The van der Waals surface area contributed by atoms with Crippen LogP contribution in [0.15, 0.2) is 27.8 Å². The molecule has 1 aliphatic rings. The molecule has 0 radical (unpaired) electrons. The molecular formula is C16H22N6O3. The van der Waals surface area contributed by atoms with Gasteiger partial charge in [0.2, 0.25) is 5.95 Å². The lowest BCUT2D eigenvalue weighted by molar-refractivity contribution is 0.122. The summed E-state index contributed by atoms with van der Waals surface area (Å²) in [6, 6.07) is 4.38. The van der Waals surface area contributed by atoms with Crippen LogP contribution in [-0.2, 0) is 17.7 Å². The van der Waals surface area contributed by atoms with Crippen molar-refractivity contribution in [1.29, 1.82) is 0 Å². The van der Waals surface area contributed by atoms with Crippen molar-refractivity contribution in [3.05, 3.63) is 44.6 Å². The molecule has 2 N–H and O–H groups in total. The van der Waals surface area contributed by atoms with Gasteiger partial charge in [0.05, 0.1) is 19.8 Å². The van der Waals surface area contributed by atoms with E-state index in [9.17, 15) is 9.59 Å². The van der Waals surface area contributed by atoms with Gasteiger partial charge in [0.15, 0.2) is 0 Å². The van der Waals surface area contributed by atoms with Crippen molar-refractivity contribution >= 4 is 11.8 Å². The summed E-state index contributed by atoms with van der Waals surface area (Å²) in [5, 5.41) is 5.70. The van der Waals surface area contributed by atoms with E-state index in [1.165, 1.54) is 16.8 Å². The van der Waals surface area contributed by atoms with Gasteiger partial charge in [0.1, 0.15) is 5.82 Å². The van der Waals surface area contributed by atoms with Crippen LogP contribution in [0, 0.1) is 0 Å². The number of H-pyrrole nitrogens is 1. The monoisotopic (exact) mass is 346 g/mol. The molecule has 0 spiro atoms. The van der Waals surface area contributed by atoms with Crippen LogP contribution < -0.4 is 21.3 Å². The number of aromatic amines is 1. The van der Waals surface area contributed by atoms with Crippen molar-refractivity contribution in [3.8, 4) is 0 Å². The Morgan fingerprint density at radius 2 is 2.04 bits per heavy atom. The third kappa shape index (κ3) is 4.44. The van der Waals surface area contributed by atoms with Gasteiger partial charge in [-0.2, -0.15) is 4.98 Å². The number of rotatable bonds is 6. The fourth-order valence-corrected chi connectivity index (χ4v) is 2.58. The Morgan fingerprint density at radius 3 is 2.80 bits per heavy atom. The molecule has 0 amide bonds. The number of nitrogens with one attached hydrogen (secondary N) is 2. The first-order valence-corrected chi connectivity index (χ1v) is 8.40. The van der Waals surface area contributed by atoms with Gasteiger partial charge < -0.3 is 15.0 Å². The Kier molecular flexibility index (Phi) is 5.44. The lowest BCUT2D eigenvalue weighted by Gasteiger charge is -2.27. The van der Waals surface area contributed by atoms with Crippen LogP contribution in [0.4, 0.5) is 11.8 Å². The summed E-state index contributed by atoms with van der Waals surface area (Å²) < 4.78 is 6.65. The third-order valence-electron chi connectivity index (χ3n) is 3.95. The number of morpholine rings is 1. The maximum Gasteiger partial charge on any atom is 0.265 e. The summed E-state index contributed by atoms with van der Waals surface area (Å²) in [6.45, 7) is 5.74. The summed E-state index contributed by atoms with van der Waals surface area (Å²) >= 11 is 0. The van der Waals surface area contributed by atoms with Crippen LogP contribution in [0.5, 0.6) is 0 Å². The molecule has 0 saturated carbocycles. The van der Waals surface area contributed by atoms with Gasteiger partial charge in [-0.25, -0.2) is 9.67 Å². The molecule has 0 atom stereocenters. The van der Waals surface area contributed by atoms with E-state index in [-0.39, 0.29) is 11.1 Å². The second-order valence-electron chi connectivity index (χ2n) is 5.72. The molecule has 0 aliphatic carbocycles. The first-order valence-electron chi connectivity index (χ1n) is 8.40. The molecule has 25 heavy (non-hydrogen) atoms. The van der Waals surface area contributed by atoms with Gasteiger partial charge in [-0.1, -0.05) is 6.92 Å². The van der Waals surface area contributed by atoms with Gasteiger partial charge in [-0.3, -0.25) is 14.7 Å². The molecule has 3 heterocycles. The van der Waals surface area contributed by atoms with Crippen molar-refractivity contribution in [2.75, 3.05) is 43.1 Å². The van der Waals surface area contributed by atoms with Crippen LogP contribution in [-0.4, -0.2) is 52.6 Å². The van der Waals surface area contributed by atoms with Gasteiger partial charge in [-0.15, -0.1) is 0 Å². The van der Waals surface area contributed by atoms with Crippen LogP contribution in [0.25, 0.3) is 0 Å². The molecule has 3 rings (SSSR count). The Labute approximate surface area is 144 Å². The number of aromatic nitrogens is 4. The van der Waals surface area contributed by atoms with E-state index in [0.717, 1.165) is 25.2 Å². The summed E-state index contributed by atoms with van der Waals surface area (Å²) in [5.41, 5.74) is 0.404. The lowest BCUT2D eigenvalue weighted by atomic mass is 10.3. The zero-order chi connectivity index (χ0) is 17.6. The highest BCUT2D eigenvalue weighted by atomic mass is 16.5. The number of anilines is 2. The standard InChI is InChI=1S/C16H22N6O3/c1-2-12-11-13(19-16(18-12)21-7-9-25-10-8-21)17-5-6-22-15(24)4-3-14(23)20-22/h3-4,11H,2,5-10H2,1H3,(H,20,23)(H,17,18,19). The highest BCUT2D eigenvalue weighted by molar-refractivity contribution is 5.44. The van der Waals surface area contributed by atoms with E-state index >= 15 is 0 Å². The maximum absolute atomic E-state index is 11.7. The average Bonchev–Trinajstić information content (AvgIpc) is 2.65. The second-order valence-corrected chi connectivity index (χ2v) is 5.72. The van der Waals surface area contributed by atoms with Crippen molar-refractivity contribution in [2.24, 2.45) is 0 Å². The maximum atomic E-state index is 11.7. The number of hydrogen-bond acceptors (Lipinski definition) is 7. The largest absolute Gasteiger partial charge is 0.378 e. The van der Waals surface area contributed by atoms with Gasteiger partial charge >= 0.3 is 0 Å². The smallest absolute Gasteiger partial charge is 0.265 e. The van der Waals surface area contributed by atoms with Crippen LogP contribution in [0.3, 0.4) is 0 Å². The molecule has 9 nitrogen and oxygen atoms in total. The fraction of sp³-hybridized carbons (Fsp3) is 0.500. The third-order valence-corrected chi connectivity index (χ3v) is 3.95. The molecule has 1 fully saturated rings. The van der Waals surface area contributed by atoms with Gasteiger partial charge in [-0.05, 0) is 6.42 Å². The van der Waals surface area contributed by atoms with Crippen molar-refractivity contribution in [1.82, 2.24) is 19.7 Å². The van der Waals surface area contributed by atoms with Crippen LogP contribution >= 0.6 is 0 Å². The Bertz CT molecular complexity index is 825. The van der Waals surface area contributed by atoms with E-state index in [4.69, 9.17) is 4.74 Å². The molecule has 9 heteroatoms. The first-order chi connectivity index (χ1) is 12.2. The van der Waals surface area contributed by atoms with E-state index in [1.807, 2.05) is 13.0 Å². The highest BCUT2D eigenvalue weighted by Crippen LogP contribution is 2.15. The second kappa shape index (κ2) is 7.93. The molecule has 0 bridgehead atoms. The molecule has 0 unspecified atom stereocenters. The predicted molar refractivity (Wildman–Crippen MR) is 94.3 cm³/mol. The molecular weight excluding hydrogens is 324 g/mol. The molecule has 0 aromatic carbocycles. The van der Waals surface area contributed by atoms with Crippen molar-refractivity contribution in [3.63, 3.8) is 0 Å². The predicted octanol–water partition coefficient (Wildman–Crippen LogP) is -0.162. The average molecular weight is 346 g/mol. The van der Waals surface area contributed by atoms with E-state index in [2.05, 4.69) is 25.3 Å². The van der Waals surface area contributed by atoms with Crippen molar-refractivity contribution in [2.45, 2.75) is 19.9 Å². The number of ether oxygens (including phenoxy) is 1. The Hall–Kier alpha value is -2.68. The number of aryl methyl sites for hydroxylation is 1. The quantitative estimate of drug-likeness (QED) is 0.748. The topological polar surface area (TPSA) is 105 Å². The molecule has 2 aromatic heterocycles. The van der Waals surface area contributed by atoms with Gasteiger partial charge in [0, 0.05) is 43.5 Å². The normalized spacial score (nSPS) is 14.5. The van der Waals surface area contributed by atoms with E-state index < -0.39 is 0 Å². The summed E-state index contributed by atoms with van der Waals surface area (Å²) in [7, 11) is 0. The minimum Gasteiger partial charge on any atom is -0.378 e. The summed E-state index contributed by atoms with van der Waals surface area (Å²) in [4.78, 5) is 34.3. The van der Waals surface area contributed by atoms with E-state index in [0.29, 0.717) is 38.1 Å². The first kappa shape index (κ1) is 17.2. The molecule has 134 valence electrons. The highest BCUT2D eigenvalue weighted by Gasteiger charge is 2.15. The molecule has 2 aromatic rings.